The molecule has 0 spiro atoms. The summed E-state index contributed by atoms with van der Waals surface area (Å²) in [6.45, 7) is 0.854. The average Bonchev–Trinajstić information content (AvgIpc) is 2.57. The van der Waals surface area contributed by atoms with Crippen molar-refractivity contribution in [2.75, 3.05) is 6.86 Å². The van der Waals surface area contributed by atoms with Crippen LogP contribution < -0.4 is 10.3 Å². The van der Waals surface area contributed by atoms with Crippen molar-refractivity contribution in [3.05, 3.63) is 82.5 Å². The standard InChI is InChI=1S/C19H15F2NO2/c1-13-10-19(23)22(14-6-8-15(9-7-14)24-12-20)11-17(13)16-4-2-3-5-18(16)21/h2-11H,12H2,1H3. The molecule has 3 aromatic rings. The minimum atomic E-state index is -0.915. The third kappa shape index (κ3) is 3.06. The molecule has 1 heterocycles. The van der Waals surface area contributed by atoms with Crippen molar-refractivity contribution in [1.29, 1.82) is 0 Å². The summed E-state index contributed by atoms with van der Waals surface area (Å²) >= 11 is 0. The van der Waals surface area contributed by atoms with Gasteiger partial charge in [0.1, 0.15) is 11.6 Å². The molecule has 0 aliphatic heterocycles. The van der Waals surface area contributed by atoms with E-state index in [-0.39, 0.29) is 11.4 Å². The van der Waals surface area contributed by atoms with Gasteiger partial charge in [-0.05, 0) is 42.8 Å². The van der Waals surface area contributed by atoms with Crippen LogP contribution in [0, 0.1) is 12.7 Å². The molecular weight excluding hydrogens is 312 g/mol. The first-order valence-electron chi connectivity index (χ1n) is 7.37. The van der Waals surface area contributed by atoms with Gasteiger partial charge in [0.25, 0.3) is 5.56 Å². The first-order valence-corrected chi connectivity index (χ1v) is 7.37. The zero-order valence-corrected chi connectivity index (χ0v) is 13.0. The van der Waals surface area contributed by atoms with Crippen LogP contribution in [0.4, 0.5) is 8.78 Å². The summed E-state index contributed by atoms with van der Waals surface area (Å²) in [4.78, 5) is 12.3. The Kier molecular flexibility index (Phi) is 4.42. The summed E-state index contributed by atoms with van der Waals surface area (Å²) in [5.41, 5.74) is 2.12. The highest BCUT2D eigenvalue weighted by Crippen LogP contribution is 2.25. The van der Waals surface area contributed by atoms with E-state index in [1.54, 1.807) is 55.6 Å². The van der Waals surface area contributed by atoms with E-state index in [0.717, 1.165) is 0 Å². The molecule has 1 aromatic heterocycles. The number of aromatic nitrogens is 1. The van der Waals surface area contributed by atoms with E-state index in [9.17, 15) is 13.6 Å². The lowest BCUT2D eigenvalue weighted by Crippen LogP contribution is -2.17. The summed E-state index contributed by atoms with van der Waals surface area (Å²) in [5.74, 6) is 0.0215. The van der Waals surface area contributed by atoms with Crippen LogP contribution in [0.2, 0.25) is 0 Å². The van der Waals surface area contributed by atoms with E-state index in [1.807, 2.05) is 0 Å². The molecule has 0 atom stereocenters. The van der Waals surface area contributed by atoms with Gasteiger partial charge in [0, 0.05) is 29.1 Å². The van der Waals surface area contributed by atoms with Gasteiger partial charge in [0.15, 0.2) is 0 Å². The fraction of sp³-hybridized carbons (Fsp3) is 0.105. The van der Waals surface area contributed by atoms with Crippen LogP contribution in [0.1, 0.15) is 5.56 Å². The third-order valence-electron chi connectivity index (χ3n) is 3.76. The molecule has 3 nitrogen and oxygen atoms in total. The predicted octanol–water partition coefficient (Wildman–Crippen LogP) is 4.26. The number of alkyl halides is 1. The molecule has 0 fully saturated rings. The first-order chi connectivity index (χ1) is 11.6. The van der Waals surface area contributed by atoms with Crippen LogP contribution in [0.3, 0.4) is 0 Å². The molecule has 0 amide bonds. The van der Waals surface area contributed by atoms with Gasteiger partial charge in [0.05, 0.1) is 0 Å². The summed E-state index contributed by atoms with van der Waals surface area (Å²) in [5, 5.41) is 0. The highest BCUT2D eigenvalue weighted by molar-refractivity contribution is 5.67. The van der Waals surface area contributed by atoms with Crippen molar-refractivity contribution in [3.63, 3.8) is 0 Å². The van der Waals surface area contributed by atoms with Gasteiger partial charge < -0.3 is 4.74 Å². The van der Waals surface area contributed by atoms with E-state index < -0.39 is 6.86 Å². The molecule has 0 aliphatic carbocycles. The molecule has 5 heteroatoms. The van der Waals surface area contributed by atoms with Crippen LogP contribution in [-0.2, 0) is 0 Å². The van der Waals surface area contributed by atoms with Gasteiger partial charge in [-0.25, -0.2) is 8.78 Å². The molecule has 2 aromatic carbocycles. The molecule has 0 saturated carbocycles. The Balaban J connectivity index is 2.11. The molecule has 0 aliphatic rings. The lowest BCUT2D eigenvalue weighted by Gasteiger charge is -2.12. The van der Waals surface area contributed by atoms with Crippen molar-refractivity contribution in [2.24, 2.45) is 0 Å². The van der Waals surface area contributed by atoms with E-state index in [0.29, 0.717) is 28.1 Å². The minimum Gasteiger partial charge on any atom is -0.463 e. The quantitative estimate of drug-likeness (QED) is 0.717. The zero-order valence-electron chi connectivity index (χ0n) is 13.0. The topological polar surface area (TPSA) is 31.2 Å². The minimum absolute atomic E-state index is 0.230. The Labute approximate surface area is 137 Å². The van der Waals surface area contributed by atoms with Gasteiger partial charge in [-0.1, -0.05) is 18.2 Å². The maximum Gasteiger partial charge on any atom is 0.255 e. The number of benzene rings is 2. The van der Waals surface area contributed by atoms with Crippen molar-refractivity contribution in [1.82, 2.24) is 4.57 Å². The Morgan fingerprint density at radius 2 is 1.75 bits per heavy atom. The van der Waals surface area contributed by atoms with E-state index in [4.69, 9.17) is 4.74 Å². The normalized spacial score (nSPS) is 10.6. The Morgan fingerprint density at radius 1 is 1.04 bits per heavy atom. The van der Waals surface area contributed by atoms with Gasteiger partial charge in [-0.2, -0.15) is 0 Å². The van der Waals surface area contributed by atoms with Crippen LogP contribution in [-0.4, -0.2) is 11.4 Å². The highest BCUT2D eigenvalue weighted by Gasteiger charge is 2.11. The Hall–Kier alpha value is -2.95. The van der Waals surface area contributed by atoms with E-state index >= 15 is 0 Å². The fourth-order valence-corrected chi connectivity index (χ4v) is 2.56. The van der Waals surface area contributed by atoms with Crippen molar-refractivity contribution in [3.8, 4) is 22.6 Å². The summed E-state index contributed by atoms with van der Waals surface area (Å²) in [6, 6.07) is 14.3. The number of halogens is 2. The number of nitrogens with zero attached hydrogens (tertiary/aromatic N) is 1. The maximum atomic E-state index is 14.1. The summed E-state index contributed by atoms with van der Waals surface area (Å²) in [7, 11) is 0. The van der Waals surface area contributed by atoms with Gasteiger partial charge in [-0.3, -0.25) is 9.36 Å². The van der Waals surface area contributed by atoms with E-state index in [2.05, 4.69) is 0 Å². The smallest absolute Gasteiger partial charge is 0.255 e. The van der Waals surface area contributed by atoms with Crippen LogP contribution in [0.5, 0.6) is 5.75 Å². The fourth-order valence-electron chi connectivity index (χ4n) is 2.56. The predicted molar refractivity (Wildman–Crippen MR) is 88.8 cm³/mol. The lowest BCUT2D eigenvalue weighted by atomic mass is 10.0. The van der Waals surface area contributed by atoms with Gasteiger partial charge in [-0.15, -0.1) is 0 Å². The van der Waals surface area contributed by atoms with Crippen LogP contribution >= 0.6 is 0 Å². The summed E-state index contributed by atoms with van der Waals surface area (Å²) < 4.78 is 32.4. The number of aryl methyl sites for hydroxylation is 1. The molecule has 0 unspecified atom stereocenters. The monoisotopic (exact) mass is 327 g/mol. The number of rotatable bonds is 4. The third-order valence-corrected chi connectivity index (χ3v) is 3.76. The maximum absolute atomic E-state index is 14.1. The van der Waals surface area contributed by atoms with Gasteiger partial charge >= 0.3 is 0 Å². The van der Waals surface area contributed by atoms with Crippen LogP contribution in [0.25, 0.3) is 16.8 Å². The number of ether oxygens (including phenoxy) is 1. The van der Waals surface area contributed by atoms with E-state index in [1.165, 1.54) is 16.7 Å². The first kappa shape index (κ1) is 15.9. The SMILES string of the molecule is Cc1cc(=O)n(-c2ccc(OCF)cc2)cc1-c1ccccc1F. The molecular formula is C19H15F2NO2. The molecule has 24 heavy (non-hydrogen) atoms. The molecule has 0 bridgehead atoms. The molecule has 0 radical (unpaired) electrons. The lowest BCUT2D eigenvalue weighted by molar-refractivity contribution is 0.192. The average molecular weight is 327 g/mol. The number of hydrogen-bond acceptors (Lipinski definition) is 2. The molecule has 3 rings (SSSR count). The number of pyridine rings is 1. The highest BCUT2D eigenvalue weighted by atomic mass is 19.1. The van der Waals surface area contributed by atoms with Crippen LogP contribution in [0.15, 0.2) is 65.6 Å². The Bertz CT molecular complexity index is 917. The van der Waals surface area contributed by atoms with Crippen molar-refractivity contribution >= 4 is 0 Å². The van der Waals surface area contributed by atoms with Crippen molar-refractivity contribution in [2.45, 2.75) is 6.92 Å². The summed E-state index contributed by atoms with van der Waals surface area (Å²) in [6.07, 6.45) is 1.61. The largest absolute Gasteiger partial charge is 0.463 e. The van der Waals surface area contributed by atoms with Gasteiger partial charge in [0.2, 0.25) is 6.86 Å². The number of hydrogen-bond donors (Lipinski definition) is 0. The second-order valence-corrected chi connectivity index (χ2v) is 5.31. The molecule has 0 saturated heterocycles. The van der Waals surface area contributed by atoms with Crippen molar-refractivity contribution < 1.29 is 13.5 Å². The Morgan fingerprint density at radius 3 is 2.42 bits per heavy atom. The zero-order chi connectivity index (χ0) is 17.1. The molecule has 122 valence electrons. The second kappa shape index (κ2) is 6.66. The second-order valence-electron chi connectivity index (χ2n) is 5.31. The molecule has 0 N–H and O–H groups in total.